The highest BCUT2D eigenvalue weighted by molar-refractivity contribution is 8.00. The first-order chi connectivity index (χ1) is 15.7. The zero-order valence-electron chi connectivity index (χ0n) is 17.0. The van der Waals surface area contributed by atoms with Crippen LogP contribution in [0.2, 0.25) is 0 Å². The van der Waals surface area contributed by atoms with Gasteiger partial charge in [0, 0.05) is 34.5 Å². The van der Waals surface area contributed by atoms with Crippen LogP contribution in [0.25, 0.3) is 11.1 Å². The Morgan fingerprint density at radius 2 is 1.82 bits per heavy atom. The summed E-state index contributed by atoms with van der Waals surface area (Å²) >= 11 is 0.967. The maximum Gasteiger partial charge on any atom is 0.333 e. The second-order valence-corrected chi connectivity index (χ2v) is 10.2. The van der Waals surface area contributed by atoms with Gasteiger partial charge in [0.05, 0.1) is 11.7 Å². The molecule has 0 radical (unpaired) electrons. The summed E-state index contributed by atoms with van der Waals surface area (Å²) in [5.74, 6) is -3.25. The minimum atomic E-state index is -1.78. The summed E-state index contributed by atoms with van der Waals surface area (Å²) in [6.45, 7) is 0. The van der Waals surface area contributed by atoms with Crippen LogP contribution in [0.4, 0.5) is 0 Å². The zero-order chi connectivity index (χ0) is 23.4. The van der Waals surface area contributed by atoms with Crippen molar-refractivity contribution in [3.8, 4) is 22.6 Å². The molecule has 0 bridgehead atoms. The van der Waals surface area contributed by atoms with Crippen LogP contribution in [0.3, 0.4) is 0 Å². The number of aliphatic hydroxyl groups excluding tert-OH is 2. The summed E-state index contributed by atoms with van der Waals surface area (Å²) < 4.78 is 5.74. The van der Waals surface area contributed by atoms with Crippen LogP contribution in [0.5, 0.6) is 11.5 Å². The smallest absolute Gasteiger partial charge is 0.333 e. The Bertz CT molecular complexity index is 1240. The monoisotopic (exact) mass is 472 g/mol. The van der Waals surface area contributed by atoms with E-state index in [4.69, 9.17) is 9.84 Å². The molecule has 0 saturated carbocycles. The number of Topliss-reactive ketones (excluding diaryl/α,β-unsaturated/α-hetero) is 1. The second-order valence-electron chi connectivity index (χ2n) is 8.96. The van der Waals surface area contributed by atoms with Crippen LogP contribution in [0.1, 0.15) is 45.5 Å². The van der Waals surface area contributed by atoms with Gasteiger partial charge in [-0.3, -0.25) is 4.79 Å². The molecule has 2 aromatic carbocycles. The van der Waals surface area contributed by atoms with E-state index in [1.807, 2.05) is 0 Å². The number of hydrogen-bond donors (Lipinski definition) is 6. The fraction of sp³-hybridized carbons (Fsp3) is 0.391. The number of carboxylic acids is 1. The maximum atomic E-state index is 13.1. The highest BCUT2D eigenvalue weighted by Crippen LogP contribution is 2.67. The van der Waals surface area contributed by atoms with Crippen LogP contribution in [0, 0.1) is 0 Å². The first kappa shape index (κ1) is 20.9. The molecule has 6 N–H and O–H groups in total. The first-order valence-corrected chi connectivity index (χ1v) is 11.5. The summed E-state index contributed by atoms with van der Waals surface area (Å²) in [5.41, 5.74) is 0.347. The number of aromatic hydroxyl groups is 2. The normalized spacial score (nSPS) is 33.5. The number of thioether (sulfide) groups is 1. The van der Waals surface area contributed by atoms with Gasteiger partial charge in [-0.05, 0) is 28.8 Å². The lowest BCUT2D eigenvalue weighted by Gasteiger charge is -2.51. The molecule has 6 unspecified atom stereocenters. The second kappa shape index (κ2) is 6.71. The molecular formula is C23H20O9S. The number of fused-ring (bicyclic) bond motifs is 4. The molecule has 1 aliphatic heterocycles. The van der Waals surface area contributed by atoms with Crippen molar-refractivity contribution in [2.75, 3.05) is 5.75 Å². The van der Waals surface area contributed by atoms with Crippen LogP contribution in [0.15, 0.2) is 24.3 Å². The molecule has 1 heterocycles. The van der Waals surface area contributed by atoms with Gasteiger partial charge in [0.25, 0.3) is 0 Å². The van der Waals surface area contributed by atoms with Crippen molar-refractivity contribution in [3.63, 3.8) is 0 Å². The van der Waals surface area contributed by atoms with Crippen molar-refractivity contribution < 1.29 is 45.0 Å². The summed E-state index contributed by atoms with van der Waals surface area (Å²) in [7, 11) is 0. The van der Waals surface area contributed by atoms with E-state index in [1.165, 1.54) is 12.1 Å². The fourth-order valence-electron chi connectivity index (χ4n) is 5.88. The number of aliphatic carboxylic acids is 1. The van der Waals surface area contributed by atoms with Crippen LogP contribution >= 0.6 is 11.8 Å². The highest BCUT2D eigenvalue weighted by Gasteiger charge is 2.67. The first-order valence-electron chi connectivity index (χ1n) is 10.5. The number of phenolic OH excluding ortho intramolecular Hbond substituents is 2. The molecule has 1 saturated heterocycles. The lowest BCUT2D eigenvalue weighted by atomic mass is 9.58. The van der Waals surface area contributed by atoms with Crippen molar-refractivity contribution in [2.45, 2.75) is 47.6 Å². The predicted octanol–water partition coefficient (Wildman–Crippen LogP) is 0.998. The van der Waals surface area contributed by atoms with Gasteiger partial charge >= 0.3 is 5.97 Å². The van der Waals surface area contributed by atoms with Gasteiger partial charge in [-0.2, -0.15) is 11.8 Å². The predicted molar refractivity (Wildman–Crippen MR) is 114 cm³/mol. The Morgan fingerprint density at radius 3 is 2.55 bits per heavy atom. The SMILES string of the molecule is O=C1CC(SCC(O)C(=O)O)[C@]2(O)c3c(ccc(O)c31)-c1ccc(O)c3c1C2C1OC1C3O. The van der Waals surface area contributed by atoms with E-state index < -0.39 is 52.9 Å². The number of epoxide rings is 1. The number of rotatable bonds is 4. The molecule has 4 aliphatic rings. The van der Waals surface area contributed by atoms with E-state index in [0.29, 0.717) is 16.7 Å². The quantitative estimate of drug-likeness (QED) is 0.353. The Labute approximate surface area is 191 Å². The van der Waals surface area contributed by atoms with E-state index in [2.05, 4.69) is 0 Å². The van der Waals surface area contributed by atoms with Gasteiger partial charge < -0.3 is 35.4 Å². The fourth-order valence-corrected chi connectivity index (χ4v) is 7.23. The van der Waals surface area contributed by atoms with E-state index in [0.717, 1.165) is 11.8 Å². The van der Waals surface area contributed by atoms with Crippen LogP contribution < -0.4 is 0 Å². The Morgan fingerprint density at radius 1 is 1.12 bits per heavy atom. The zero-order valence-corrected chi connectivity index (χ0v) is 17.8. The minimum absolute atomic E-state index is 0.00855. The van der Waals surface area contributed by atoms with Gasteiger partial charge in [-0.25, -0.2) is 4.79 Å². The highest BCUT2D eigenvalue weighted by atomic mass is 32.2. The third-order valence-corrected chi connectivity index (χ3v) is 8.74. The van der Waals surface area contributed by atoms with Crippen molar-refractivity contribution >= 4 is 23.5 Å². The van der Waals surface area contributed by atoms with E-state index in [1.54, 1.807) is 12.1 Å². The maximum absolute atomic E-state index is 13.1. The molecule has 33 heavy (non-hydrogen) atoms. The molecule has 1 fully saturated rings. The Hall–Kier alpha value is -2.63. The van der Waals surface area contributed by atoms with E-state index >= 15 is 0 Å². The topological polar surface area (TPSA) is 168 Å². The van der Waals surface area contributed by atoms with Gasteiger partial charge in [0.15, 0.2) is 11.9 Å². The van der Waals surface area contributed by atoms with Crippen molar-refractivity contribution in [1.29, 1.82) is 0 Å². The summed E-state index contributed by atoms with van der Waals surface area (Å²) in [5, 5.41) is 62.4. The molecule has 6 rings (SSSR count). The number of carbonyl (C=O) groups is 2. The van der Waals surface area contributed by atoms with Gasteiger partial charge in [-0.1, -0.05) is 12.1 Å². The van der Waals surface area contributed by atoms with Gasteiger partial charge in [0.1, 0.15) is 29.3 Å². The standard InChI is InChI=1S/C23H20O9S/c24-9-4-2-8-7-1-3-10(25)16-14(7)18(20-21(32-20)19(16)28)23(31)13(33-6-12(27)22(29)30)5-11(26)15(9)17(8)23/h1-4,12-13,18-21,24-25,27-28,31H,5-6H2,(H,29,30)/t12?,13?,18?,19?,20?,21?,23-/m0/s1. The number of benzene rings is 2. The summed E-state index contributed by atoms with van der Waals surface area (Å²) in [6, 6.07) is 6.06. The van der Waals surface area contributed by atoms with Crippen LogP contribution in [-0.2, 0) is 15.1 Å². The Balaban J connectivity index is 1.62. The molecule has 7 atom stereocenters. The molecular weight excluding hydrogens is 452 g/mol. The average molecular weight is 472 g/mol. The number of ketones is 1. The van der Waals surface area contributed by atoms with Crippen molar-refractivity contribution in [1.82, 2.24) is 0 Å². The van der Waals surface area contributed by atoms with Crippen molar-refractivity contribution in [2.24, 2.45) is 0 Å². The number of carboxylic acid groups (broad SMARTS) is 1. The largest absolute Gasteiger partial charge is 0.508 e. The number of phenols is 2. The third kappa shape index (κ3) is 2.58. The number of hydrogen-bond acceptors (Lipinski definition) is 9. The van der Waals surface area contributed by atoms with Gasteiger partial charge in [0.2, 0.25) is 0 Å². The molecule has 9 nitrogen and oxygen atoms in total. The molecule has 2 aromatic rings. The van der Waals surface area contributed by atoms with E-state index in [-0.39, 0.29) is 40.4 Å². The lowest BCUT2D eigenvalue weighted by molar-refractivity contribution is -0.145. The molecule has 10 heteroatoms. The molecule has 0 aromatic heterocycles. The average Bonchev–Trinajstić information content (AvgIpc) is 3.56. The third-order valence-electron chi connectivity index (χ3n) is 7.30. The molecule has 172 valence electrons. The number of carbonyl (C=O) groups excluding carboxylic acids is 1. The van der Waals surface area contributed by atoms with Gasteiger partial charge in [-0.15, -0.1) is 0 Å². The molecule has 0 amide bonds. The Kier molecular flexibility index (Phi) is 4.26. The number of aliphatic hydroxyl groups is 3. The van der Waals surface area contributed by atoms with Crippen LogP contribution in [-0.4, -0.2) is 71.7 Å². The number of ether oxygens (including phenoxy) is 1. The van der Waals surface area contributed by atoms with Crippen molar-refractivity contribution in [3.05, 3.63) is 46.5 Å². The summed E-state index contributed by atoms with van der Waals surface area (Å²) in [4.78, 5) is 24.2. The lowest BCUT2D eigenvalue weighted by Crippen LogP contribution is -2.53. The van der Waals surface area contributed by atoms with E-state index in [9.17, 15) is 35.1 Å². The minimum Gasteiger partial charge on any atom is -0.508 e. The molecule has 0 spiro atoms. The molecule has 3 aliphatic carbocycles. The summed E-state index contributed by atoms with van der Waals surface area (Å²) in [6.07, 6.45) is -4.22.